The molecule has 1 N–H and O–H groups in total. The zero-order valence-electron chi connectivity index (χ0n) is 14.6. The van der Waals surface area contributed by atoms with E-state index in [-0.39, 0.29) is 30.2 Å². The van der Waals surface area contributed by atoms with Gasteiger partial charge < -0.3 is 4.74 Å². The number of rotatable bonds is 2. The van der Waals surface area contributed by atoms with Crippen LogP contribution in [0.5, 0.6) is 5.75 Å². The van der Waals surface area contributed by atoms with Gasteiger partial charge in [0, 0.05) is 5.56 Å². The number of anilines is 1. The smallest absolute Gasteiger partial charge is 0.290 e. The molecular weight excluding hydrogens is 376 g/mol. The lowest BCUT2D eigenvalue weighted by Crippen LogP contribution is -2.38. The summed E-state index contributed by atoms with van der Waals surface area (Å²) >= 11 is 0.883. The van der Waals surface area contributed by atoms with Crippen LogP contribution in [0, 0.1) is 11.8 Å². The van der Waals surface area contributed by atoms with Gasteiger partial charge in [-0.1, -0.05) is 36.1 Å². The Morgan fingerprint density at radius 3 is 2.64 bits per heavy atom. The molecule has 0 aliphatic carbocycles. The molecule has 0 saturated carbocycles. The molecule has 0 atom stereocenters. The number of carbonyl (C=O) groups is 3. The van der Waals surface area contributed by atoms with Crippen molar-refractivity contribution in [2.24, 2.45) is 0 Å². The van der Waals surface area contributed by atoms with Gasteiger partial charge in [-0.15, -0.1) is 0 Å². The highest BCUT2D eigenvalue weighted by Gasteiger charge is 2.25. The number of ether oxygens (including phenoxy) is 1. The van der Waals surface area contributed by atoms with Gasteiger partial charge in [0.1, 0.15) is 5.75 Å². The Labute approximate surface area is 165 Å². The molecule has 6 nitrogen and oxygen atoms in total. The van der Waals surface area contributed by atoms with Gasteiger partial charge in [0.05, 0.1) is 17.1 Å². The standard InChI is InChI=1S/C21H14N2O4S/c24-19-13-27-17-6-2-1-5-16(17)23(19)11-3-4-14-7-9-15(10-8-14)12-18-20(25)22-21(26)28-18/h1-2,5-10,12H,11,13H2,(H,22,25,26)/b18-12+. The summed E-state index contributed by atoms with van der Waals surface area (Å²) < 4.78 is 5.42. The summed E-state index contributed by atoms with van der Waals surface area (Å²) in [6.45, 7) is 0.278. The van der Waals surface area contributed by atoms with Crippen LogP contribution in [0.1, 0.15) is 11.1 Å². The van der Waals surface area contributed by atoms with E-state index in [1.807, 2.05) is 48.5 Å². The molecule has 1 fully saturated rings. The third-order valence-electron chi connectivity index (χ3n) is 4.13. The number of hydrogen-bond donors (Lipinski definition) is 1. The van der Waals surface area contributed by atoms with Crippen LogP contribution in [0.3, 0.4) is 0 Å². The summed E-state index contributed by atoms with van der Waals surface area (Å²) in [5.74, 6) is 6.22. The highest BCUT2D eigenvalue weighted by molar-refractivity contribution is 8.18. The molecule has 2 heterocycles. The van der Waals surface area contributed by atoms with E-state index in [0.717, 1.165) is 28.6 Å². The molecular formula is C21H14N2O4S. The second kappa shape index (κ2) is 7.62. The lowest BCUT2D eigenvalue weighted by molar-refractivity contribution is -0.121. The number of fused-ring (bicyclic) bond motifs is 1. The van der Waals surface area contributed by atoms with Gasteiger partial charge in [-0.2, -0.15) is 0 Å². The Balaban J connectivity index is 1.46. The summed E-state index contributed by atoms with van der Waals surface area (Å²) in [4.78, 5) is 36.9. The molecule has 28 heavy (non-hydrogen) atoms. The number of para-hydroxylation sites is 2. The first-order valence-corrected chi connectivity index (χ1v) is 9.28. The van der Waals surface area contributed by atoms with E-state index in [1.165, 1.54) is 0 Å². The maximum atomic E-state index is 12.1. The average molecular weight is 390 g/mol. The second-order valence-electron chi connectivity index (χ2n) is 6.01. The predicted octanol–water partition coefficient (Wildman–Crippen LogP) is 2.79. The monoisotopic (exact) mass is 390 g/mol. The largest absolute Gasteiger partial charge is 0.482 e. The van der Waals surface area contributed by atoms with Crippen molar-refractivity contribution in [3.8, 4) is 17.6 Å². The van der Waals surface area contributed by atoms with Crippen LogP contribution >= 0.6 is 11.8 Å². The van der Waals surface area contributed by atoms with Crippen molar-refractivity contribution in [1.82, 2.24) is 5.32 Å². The Morgan fingerprint density at radius 2 is 1.89 bits per heavy atom. The van der Waals surface area contributed by atoms with E-state index >= 15 is 0 Å². The molecule has 138 valence electrons. The Morgan fingerprint density at radius 1 is 1.11 bits per heavy atom. The fourth-order valence-corrected chi connectivity index (χ4v) is 3.47. The van der Waals surface area contributed by atoms with E-state index in [2.05, 4.69) is 17.2 Å². The van der Waals surface area contributed by atoms with Crippen LogP contribution in [0.4, 0.5) is 10.5 Å². The van der Waals surface area contributed by atoms with Gasteiger partial charge in [0.15, 0.2) is 6.61 Å². The van der Waals surface area contributed by atoms with Gasteiger partial charge >= 0.3 is 0 Å². The minimum Gasteiger partial charge on any atom is -0.482 e. The first kappa shape index (κ1) is 17.9. The van der Waals surface area contributed by atoms with Crippen molar-refractivity contribution >= 4 is 40.6 Å². The average Bonchev–Trinajstić information content (AvgIpc) is 3.01. The molecule has 1 saturated heterocycles. The predicted molar refractivity (Wildman–Crippen MR) is 107 cm³/mol. The Hall–Kier alpha value is -3.50. The summed E-state index contributed by atoms with van der Waals surface area (Å²) in [5, 5.41) is 1.86. The molecule has 2 aliphatic heterocycles. The molecule has 3 amide bonds. The van der Waals surface area contributed by atoms with Crippen molar-refractivity contribution in [2.45, 2.75) is 0 Å². The highest BCUT2D eigenvalue weighted by Crippen LogP contribution is 2.31. The van der Waals surface area contributed by atoms with Crippen molar-refractivity contribution in [3.05, 3.63) is 64.6 Å². The van der Waals surface area contributed by atoms with Crippen LogP contribution in [-0.2, 0) is 9.59 Å². The first-order chi connectivity index (χ1) is 13.6. The molecule has 0 bridgehead atoms. The molecule has 0 unspecified atom stereocenters. The van der Waals surface area contributed by atoms with Crippen LogP contribution in [0.15, 0.2) is 53.4 Å². The number of nitrogens with one attached hydrogen (secondary N) is 1. The highest BCUT2D eigenvalue weighted by atomic mass is 32.2. The van der Waals surface area contributed by atoms with Gasteiger partial charge in [0.2, 0.25) is 0 Å². The summed E-state index contributed by atoms with van der Waals surface area (Å²) in [6.07, 6.45) is 1.66. The van der Waals surface area contributed by atoms with E-state index in [1.54, 1.807) is 11.0 Å². The quantitative estimate of drug-likeness (QED) is 0.630. The molecule has 0 spiro atoms. The molecule has 7 heteroatoms. The van der Waals surface area contributed by atoms with E-state index in [4.69, 9.17) is 4.74 Å². The van der Waals surface area contributed by atoms with E-state index < -0.39 is 0 Å². The normalized spacial score (nSPS) is 16.9. The second-order valence-corrected chi connectivity index (χ2v) is 7.03. The van der Waals surface area contributed by atoms with Crippen molar-refractivity contribution < 1.29 is 19.1 Å². The molecule has 2 aromatic carbocycles. The minimum atomic E-state index is -0.380. The molecule has 4 rings (SSSR count). The summed E-state index contributed by atoms with van der Waals surface area (Å²) in [5.41, 5.74) is 2.31. The zero-order chi connectivity index (χ0) is 19.5. The number of thioether (sulfide) groups is 1. The lowest BCUT2D eigenvalue weighted by Gasteiger charge is -2.27. The van der Waals surface area contributed by atoms with Gasteiger partial charge in [0.25, 0.3) is 17.1 Å². The topological polar surface area (TPSA) is 75.7 Å². The number of carbonyl (C=O) groups excluding carboxylic acids is 3. The third kappa shape index (κ3) is 3.77. The van der Waals surface area contributed by atoms with E-state index in [0.29, 0.717) is 10.7 Å². The minimum absolute atomic E-state index is 0.0101. The number of nitrogens with zero attached hydrogens (tertiary/aromatic N) is 1. The zero-order valence-corrected chi connectivity index (χ0v) is 15.4. The molecule has 2 aliphatic rings. The first-order valence-electron chi connectivity index (χ1n) is 8.46. The van der Waals surface area contributed by atoms with Gasteiger partial charge in [-0.3, -0.25) is 24.6 Å². The maximum absolute atomic E-state index is 12.1. The summed E-state index contributed by atoms with van der Waals surface area (Å²) in [7, 11) is 0. The van der Waals surface area contributed by atoms with Crippen LogP contribution in [0.2, 0.25) is 0 Å². The Kier molecular flexibility index (Phi) is 4.87. The van der Waals surface area contributed by atoms with Crippen molar-refractivity contribution in [2.75, 3.05) is 18.1 Å². The number of hydrogen-bond acceptors (Lipinski definition) is 5. The summed E-state index contributed by atoms with van der Waals surface area (Å²) in [6, 6.07) is 14.7. The lowest BCUT2D eigenvalue weighted by atomic mass is 10.1. The van der Waals surface area contributed by atoms with Crippen molar-refractivity contribution in [1.29, 1.82) is 0 Å². The number of benzene rings is 2. The van der Waals surface area contributed by atoms with Crippen LogP contribution in [-0.4, -0.2) is 30.2 Å². The number of amides is 3. The number of imide groups is 1. The SMILES string of the molecule is O=C1NC(=O)/C(=C\c2ccc(C#CCN3C(=O)COc4ccccc43)cc2)S1. The Bertz CT molecular complexity index is 1060. The molecule has 0 radical (unpaired) electrons. The fraction of sp³-hybridized carbons (Fsp3) is 0.0952. The molecule has 0 aromatic heterocycles. The van der Waals surface area contributed by atoms with E-state index in [9.17, 15) is 14.4 Å². The third-order valence-corrected chi connectivity index (χ3v) is 4.94. The van der Waals surface area contributed by atoms with Crippen LogP contribution < -0.4 is 15.0 Å². The van der Waals surface area contributed by atoms with Gasteiger partial charge in [-0.25, -0.2) is 0 Å². The van der Waals surface area contributed by atoms with Crippen molar-refractivity contribution in [3.63, 3.8) is 0 Å². The van der Waals surface area contributed by atoms with Crippen LogP contribution in [0.25, 0.3) is 6.08 Å². The van der Waals surface area contributed by atoms with Gasteiger partial charge in [-0.05, 0) is 47.7 Å². The fourth-order valence-electron chi connectivity index (χ4n) is 2.78. The maximum Gasteiger partial charge on any atom is 0.290 e. The molecule has 2 aromatic rings.